The highest BCUT2D eigenvalue weighted by atomic mass is 35.5. The molecule has 2 unspecified atom stereocenters. The van der Waals surface area contributed by atoms with Crippen LogP contribution in [-0.2, 0) is 29.3 Å². The molecule has 2 atom stereocenters. The number of benzene rings is 4. The Bertz CT molecular complexity index is 1990. The topological polar surface area (TPSA) is 206 Å². The molecule has 0 radical (unpaired) electrons. The number of rotatable bonds is 20. The van der Waals surface area contributed by atoms with E-state index in [1.54, 1.807) is 66.7 Å². The van der Waals surface area contributed by atoms with Crippen LogP contribution in [0.4, 0.5) is 4.39 Å². The summed E-state index contributed by atoms with van der Waals surface area (Å²) >= 11 is 6.58. The summed E-state index contributed by atoms with van der Waals surface area (Å²) in [7, 11) is 0. The molecule has 1 heterocycles. The second-order valence-corrected chi connectivity index (χ2v) is 12.0. The van der Waals surface area contributed by atoms with E-state index in [0.29, 0.717) is 52.2 Å². The zero-order valence-corrected chi connectivity index (χ0v) is 28.4. The second kappa shape index (κ2) is 18.3. The molecule has 0 fully saturated rings. The first-order valence-corrected chi connectivity index (χ1v) is 16.5. The van der Waals surface area contributed by atoms with Gasteiger partial charge >= 0.3 is 11.9 Å². The molecule has 0 bridgehead atoms. The van der Waals surface area contributed by atoms with Crippen LogP contribution < -0.4 is 24.8 Å². The van der Waals surface area contributed by atoms with Crippen LogP contribution in [0.5, 0.6) is 17.2 Å². The van der Waals surface area contributed by atoms with Crippen molar-refractivity contribution >= 4 is 34.6 Å². The summed E-state index contributed by atoms with van der Waals surface area (Å²) in [4.78, 5) is 22.5. The Morgan fingerprint density at radius 3 is 2.31 bits per heavy atom. The minimum Gasteiger partial charge on any atom is -0.494 e. The highest BCUT2D eigenvalue weighted by Crippen LogP contribution is 2.35. The molecule has 14 nitrogen and oxygen atoms in total. The molecule has 0 aliphatic carbocycles. The number of nitrogens with one attached hydrogen (secondary N) is 2. The summed E-state index contributed by atoms with van der Waals surface area (Å²) in [5, 5.41) is 50.2. The van der Waals surface area contributed by atoms with Gasteiger partial charge in [-0.2, -0.15) is 0 Å². The van der Waals surface area contributed by atoms with E-state index in [9.17, 15) is 19.8 Å². The number of hydrogen-bond acceptors (Lipinski definition) is 12. The second-order valence-electron chi connectivity index (χ2n) is 11.5. The first-order chi connectivity index (χ1) is 25.2. The minimum atomic E-state index is -1.23. The average Bonchev–Trinajstić information content (AvgIpc) is 3.61. The van der Waals surface area contributed by atoms with Crippen LogP contribution in [0.15, 0.2) is 77.4 Å². The van der Waals surface area contributed by atoms with E-state index >= 15 is 4.39 Å². The number of carboxylic acid groups (broad SMARTS) is 2. The van der Waals surface area contributed by atoms with Crippen LogP contribution >= 0.6 is 11.6 Å². The molecular formula is C36H36ClFN4O10. The molecule has 16 heteroatoms. The number of aliphatic hydroxyl groups is 2. The van der Waals surface area contributed by atoms with Crippen molar-refractivity contribution in [2.45, 2.75) is 38.3 Å². The van der Waals surface area contributed by atoms with Crippen LogP contribution in [0.3, 0.4) is 0 Å². The lowest BCUT2D eigenvalue weighted by atomic mass is 10.0. The van der Waals surface area contributed by atoms with Crippen LogP contribution in [0.1, 0.15) is 23.1 Å². The fourth-order valence-electron chi connectivity index (χ4n) is 5.09. The lowest BCUT2D eigenvalue weighted by Crippen LogP contribution is -2.40. The number of aliphatic hydroxyl groups excluding tert-OH is 2. The van der Waals surface area contributed by atoms with Gasteiger partial charge in [-0.25, -0.2) is 9.02 Å². The Hall–Kier alpha value is -5.32. The maximum Gasteiger partial charge on any atom is 0.323 e. The highest BCUT2D eigenvalue weighted by Gasteiger charge is 2.19. The van der Waals surface area contributed by atoms with Crippen LogP contribution in [0, 0.1) is 5.82 Å². The lowest BCUT2D eigenvalue weighted by Gasteiger charge is -2.18. The van der Waals surface area contributed by atoms with Crippen LogP contribution in [0.25, 0.3) is 22.2 Å². The Morgan fingerprint density at radius 1 is 0.808 bits per heavy atom. The number of aromatic nitrogens is 2. The Morgan fingerprint density at radius 2 is 1.54 bits per heavy atom. The smallest absolute Gasteiger partial charge is 0.323 e. The third-order valence-electron chi connectivity index (χ3n) is 7.92. The molecule has 6 N–H and O–H groups in total. The van der Waals surface area contributed by atoms with Crippen molar-refractivity contribution in [2.24, 2.45) is 0 Å². The molecule has 5 aromatic rings. The molecule has 0 aliphatic heterocycles. The van der Waals surface area contributed by atoms with E-state index in [4.69, 9.17) is 40.7 Å². The molecule has 0 amide bonds. The summed E-state index contributed by atoms with van der Waals surface area (Å²) < 4.78 is 38.5. The third kappa shape index (κ3) is 9.92. The van der Waals surface area contributed by atoms with E-state index in [1.165, 1.54) is 6.07 Å². The number of fused-ring (bicyclic) bond motifs is 1. The predicted molar refractivity (Wildman–Crippen MR) is 186 cm³/mol. The molecular weight excluding hydrogens is 703 g/mol. The molecule has 1 aromatic heterocycles. The van der Waals surface area contributed by atoms with Crippen LogP contribution in [-0.4, -0.2) is 81.1 Å². The van der Waals surface area contributed by atoms with Gasteiger partial charge in [-0.1, -0.05) is 48.0 Å². The van der Waals surface area contributed by atoms with E-state index in [1.807, 2.05) is 0 Å². The van der Waals surface area contributed by atoms with Gasteiger partial charge in [0.2, 0.25) is 0 Å². The number of hydrogen-bond donors (Lipinski definition) is 6. The number of halogens is 2. The summed E-state index contributed by atoms with van der Waals surface area (Å²) in [5.41, 5.74) is 3.48. The van der Waals surface area contributed by atoms with Crippen molar-refractivity contribution in [1.82, 2.24) is 20.9 Å². The first-order valence-electron chi connectivity index (χ1n) is 16.1. The van der Waals surface area contributed by atoms with Gasteiger partial charge in [0.1, 0.15) is 59.4 Å². The number of carbonyl (C=O) groups is 2. The molecule has 5 rings (SSSR count). The number of carboxylic acids is 2. The standard InChI is InChI=1S/C36H36ClFN4O10/c37-27-14-24(16-40-31(18-44)36(47)48)32(50-19-21-8-9-28-29(12-21)42-52-41-28)15-33(27)51-20-23-5-2-7-26(34(23)38)22-4-1-6-25(13-22)49-11-3-10-39-30(17-43)35(45)46/h1-2,4-9,12-15,30-31,39-40,43-44H,3,10-11,16-20H2,(H,45,46)(H,47,48). The van der Waals surface area contributed by atoms with Gasteiger partial charge < -0.3 is 40.0 Å². The van der Waals surface area contributed by atoms with Crippen molar-refractivity contribution in [3.63, 3.8) is 0 Å². The monoisotopic (exact) mass is 738 g/mol. The summed E-state index contributed by atoms with van der Waals surface area (Å²) in [6, 6.07) is 17.9. The van der Waals surface area contributed by atoms with E-state index in [-0.39, 0.29) is 42.7 Å². The largest absolute Gasteiger partial charge is 0.494 e. The van der Waals surface area contributed by atoms with E-state index in [2.05, 4.69) is 20.9 Å². The molecule has 4 aromatic carbocycles. The number of aliphatic carboxylic acids is 2. The maximum absolute atomic E-state index is 15.9. The Labute approximate surface area is 301 Å². The predicted octanol–water partition coefficient (Wildman–Crippen LogP) is 4.18. The number of ether oxygens (including phenoxy) is 3. The number of nitrogens with zero attached hydrogens (tertiary/aromatic N) is 2. The van der Waals surface area contributed by atoms with Crippen molar-refractivity contribution < 1.29 is 53.2 Å². The normalized spacial score (nSPS) is 12.4. The fraction of sp³-hybridized carbons (Fsp3) is 0.278. The Balaban J connectivity index is 1.28. The minimum absolute atomic E-state index is 0.00958. The lowest BCUT2D eigenvalue weighted by molar-refractivity contribution is -0.141. The van der Waals surface area contributed by atoms with Crippen molar-refractivity contribution in [1.29, 1.82) is 0 Å². The van der Waals surface area contributed by atoms with E-state index in [0.717, 1.165) is 5.56 Å². The SMILES string of the molecule is O=C(O)C(CO)NCCCOc1cccc(-c2cccc(COc3cc(OCc4ccc5nonc5c4)c(CNC(CO)C(=O)O)cc3Cl)c2F)c1. The fourth-order valence-corrected chi connectivity index (χ4v) is 5.33. The molecule has 0 spiro atoms. The van der Waals surface area contributed by atoms with Crippen molar-refractivity contribution in [3.05, 3.63) is 100 Å². The van der Waals surface area contributed by atoms with Gasteiger partial charge in [0.15, 0.2) is 0 Å². The quantitative estimate of drug-likeness (QED) is 0.0620. The summed E-state index contributed by atoms with van der Waals surface area (Å²) in [6.07, 6.45) is 0.476. The average molecular weight is 739 g/mol. The molecule has 0 aliphatic rings. The Kier molecular flexibility index (Phi) is 13.3. The van der Waals surface area contributed by atoms with Gasteiger partial charge in [0.25, 0.3) is 0 Å². The van der Waals surface area contributed by atoms with Crippen molar-refractivity contribution in [2.75, 3.05) is 26.4 Å². The zero-order valence-electron chi connectivity index (χ0n) is 27.6. The molecule has 0 saturated carbocycles. The van der Waals surface area contributed by atoms with Gasteiger partial charge in [-0.3, -0.25) is 14.9 Å². The van der Waals surface area contributed by atoms with Gasteiger partial charge in [0, 0.05) is 29.3 Å². The van der Waals surface area contributed by atoms with Crippen molar-refractivity contribution in [3.8, 4) is 28.4 Å². The van der Waals surface area contributed by atoms with Crippen LogP contribution in [0.2, 0.25) is 5.02 Å². The highest BCUT2D eigenvalue weighted by molar-refractivity contribution is 6.32. The molecule has 52 heavy (non-hydrogen) atoms. The summed E-state index contributed by atoms with van der Waals surface area (Å²) in [6.45, 7) is -0.681. The maximum atomic E-state index is 15.9. The summed E-state index contributed by atoms with van der Waals surface area (Å²) in [5.74, 6) is -1.88. The molecule has 274 valence electrons. The van der Waals surface area contributed by atoms with E-state index < -0.39 is 43.1 Å². The zero-order chi connectivity index (χ0) is 37.0. The van der Waals surface area contributed by atoms with Gasteiger partial charge in [-0.05, 0) is 64.7 Å². The van der Waals surface area contributed by atoms with Gasteiger partial charge in [-0.15, -0.1) is 0 Å². The molecule has 0 saturated heterocycles. The third-order valence-corrected chi connectivity index (χ3v) is 8.21. The first kappa shape index (κ1) is 37.9. The van der Waals surface area contributed by atoms with Gasteiger partial charge in [0.05, 0.1) is 24.8 Å².